The highest BCUT2D eigenvalue weighted by Crippen LogP contribution is 2.58. The molecule has 8 unspecified atom stereocenters. The lowest BCUT2D eigenvalue weighted by Crippen LogP contribution is -2.37. The zero-order valence-corrected chi connectivity index (χ0v) is 30.7. The van der Waals surface area contributed by atoms with Crippen molar-refractivity contribution in [2.75, 3.05) is 13.1 Å². The molecule has 2 saturated carbocycles. The Bertz CT molecular complexity index is 1910. The van der Waals surface area contributed by atoms with Gasteiger partial charge in [0.1, 0.15) is 0 Å². The van der Waals surface area contributed by atoms with E-state index in [2.05, 4.69) is 60.2 Å². The third-order valence-corrected chi connectivity index (χ3v) is 13.8. The van der Waals surface area contributed by atoms with Crippen molar-refractivity contribution in [1.82, 2.24) is 19.8 Å². The molecule has 2 aromatic heterocycles. The van der Waals surface area contributed by atoms with Gasteiger partial charge in [-0.3, -0.25) is 29.0 Å². The smallest absolute Gasteiger partial charge is 0.239 e. The summed E-state index contributed by atoms with van der Waals surface area (Å²) in [7, 11) is 0. The number of hydrogen-bond donors (Lipinski definition) is 2. The average Bonchev–Trinajstić information content (AvgIpc) is 3.89. The molecule has 2 saturated heterocycles. The number of nitrogens with one attached hydrogen (secondary N) is 2. The molecule has 52 heavy (non-hydrogen) atoms. The van der Waals surface area contributed by atoms with Gasteiger partial charge in [-0.15, -0.1) is 0 Å². The fourth-order valence-corrected chi connectivity index (χ4v) is 11.6. The maximum Gasteiger partial charge on any atom is 0.239 e. The monoisotopic (exact) mass is 700 g/mol. The number of benzene rings is 2. The second-order valence-corrected chi connectivity index (χ2v) is 16.5. The summed E-state index contributed by atoms with van der Waals surface area (Å²) >= 11 is 0. The van der Waals surface area contributed by atoms with Crippen LogP contribution in [0.2, 0.25) is 0 Å². The van der Waals surface area contributed by atoms with Gasteiger partial charge in [0.05, 0.1) is 23.7 Å². The van der Waals surface area contributed by atoms with Crippen molar-refractivity contribution < 1.29 is 19.2 Å². The van der Waals surface area contributed by atoms with Crippen LogP contribution >= 0.6 is 0 Å². The quantitative estimate of drug-likeness (QED) is 0.197. The van der Waals surface area contributed by atoms with Crippen LogP contribution in [0.1, 0.15) is 137 Å². The number of para-hydroxylation sites is 2. The van der Waals surface area contributed by atoms with E-state index in [1.54, 1.807) is 9.80 Å². The van der Waals surface area contributed by atoms with Crippen molar-refractivity contribution in [2.24, 2.45) is 23.7 Å². The van der Waals surface area contributed by atoms with Crippen LogP contribution < -0.4 is 0 Å². The maximum atomic E-state index is 13.3. The van der Waals surface area contributed by atoms with Gasteiger partial charge in [0, 0.05) is 46.3 Å². The zero-order chi connectivity index (χ0) is 35.7. The van der Waals surface area contributed by atoms with Gasteiger partial charge >= 0.3 is 0 Å². The van der Waals surface area contributed by atoms with Crippen molar-refractivity contribution in [1.29, 1.82) is 0 Å². The van der Waals surface area contributed by atoms with Gasteiger partial charge in [-0.2, -0.15) is 0 Å². The molecule has 2 aliphatic heterocycles. The van der Waals surface area contributed by atoms with Crippen molar-refractivity contribution >= 4 is 45.4 Å². The summed E-state index contributed by atoms with van der Waals surface area (Å²) in [6.07, 6.45) is 13.0. The van der Waals surface area contributed by atoms with Gasteiger partial charge in [0.15, 0.2) is 0 Å². The van der Waals surface area contributed by atoms with Crippen molar-refractivity contribution in [3.05, 3.63) is 71.0 Å². The molecule has 4 fully saturated rings. The second kappa shape index (κ2) is 13.3. The first-order chi connectivity index (χ1) is 25.4. The number of carbonyl (C=O) groups excluding carboxylic acids is 4. The number of carbonyl (C=O) groups is 4. The van der Waals surface area contributed by atoms with Crippen LogP contribution in [0.4, 0.5) is 0 Å². The minimum Gasteiger partial charge on any atom is -0.357 e. The van der Waals surface area contributed by atoms with E-state index in [0.717, 1.165) is 73.8 Å². The summed E-state index contributed by atoms with van der Waals surface area (Å²) in [4.78, 5) is 63.2. The summed E-state index contributed by atoms with van der Waals surface area (Å²) in [5, 5.41) is 2.51. The van der Waals surface area contributed by atoms with Crippen LogP contribution in [0, 0.1) is 23.7 Å². The number of amides is 4. The Kier molecular flexibility index (Phi) is 8.62. The normalized spacial score (nSPS) is 30.4. The van der Waals surface area contributed by atoms with E-state index in [4.69, 9.17) is 0 Å². The highest BCUT2D eigenvalue weighted by molar-refractivity contribution is 6.10. The zero-order valence-electron chi connectivity index (χ0n) is 30.7. The van der Waals surface area contributed by atoms with Crippen LogP contribution in [0.3, 0.4) is 0 Å². The molecule has 0 bridgehead atoms. The van der Waals surface area contributed by atoms with Gasteiger partial charge in [-0.1, -0.05) is 88.8 Å². The molecule has 0 radical (unpaired) electrons. The van der Waals surface area contributed by atoms with Crippen molar-refractivity contribution in [2.45, 2.75) is 115 Å². The number of H-pyrrole nitrogens is 2. The number of aromatic amines is 2. The number of unbranched alkanes of at least 4 members (excludes halogenated alkanes) is 2. The molecule has 2 N–H and O–H groups in total. The summed E-state index contributed by atoms with van der Waals surface area (Å²) in [5.41, 5.74) is 6.97. The van der Waals surface area contributed by atoms with E-state index in [0.29, 0.717) is 36.8 Å². The fraction of sp³-hybridized carbons (Fsp3) is 0.545. The fourth-order valence-electron chi connectivity index (χ4n) is 11.6. The SMILES string of the molecule is CCCCN1C(=O)C2c3[nH]c4ccccc4c3C3CCCCC3C2C1=O.CCCCN1C(=O)C2c3[nH]c4ccccc4c3C3CCCCC3C2C1=O. The van der Waals surface area contributed by atoms with E-state index in [9.17, 15) is 19.2 Å². The maximum absolute atomic E-state index is 13.3. The standard InChI is InChI=1S/2C22H26N2O2/c2*1-2-3-12-24-21(25)18-14-9-5-4-8-13(14)17-15-10-6-7-11-16(15)23-20(17)19(18)22(24)26/h2*6-7,10-11,13-14,18-19,23H,2-5,8-9,12H2,1H3. The number of nitrogens with zero attached hydrogens (tertiary/aromatic N) is 2. The lowest BCUT2D eigenvalue weighted by atomic mass is 9.61. The van der Waals surface area contributed by atoms with E-state index in [1.807, 2.05) is 12.1 Å². The van der Waals surface area contributed by atoms with Gasteiger partial charge in [0.25, 0.3) is 0 Å². The number of likely N-dealkylation sites (tertiary alicyclic amines) is 2. The molecule has 4 aliphatic carbocycles. The van der Waals surface area contributed by atoms with Gasteiger partial charge in [-0.05, 0) is 85.5 Å². The summed E-state index contributed by atoms with van der Waals surface area (Å²) in [6, 6.07) is 16.8. The van der Waals surface area contributed by atoms with Gasteiger partial charge in [0.2, 0.25) is 23.6 Å². The predicted octanol–water partition coefficient (Wildman–Crippen LogP) is 8.65. The first-order valence-corrected chi connectivity index (χ1v) is 20.4. The van der Waals surface area contributed by atoms with Gasteiger partial charge < -0.3 is 9.97 Å². The van der Waals surface area contributed by atoms with E-state index < -0.39 is 0 Å². The van der Waals surface area contributed by atoms with E-state index in [-0.39, 0.29) is 47.3 Å². The molecule has 272 valence electrons. The Hall–Kier alpha value is -4.20. The number of imide groups is 2. The second-order valence-electron chi connectivity index (χ2n) is 16.5. The number of aromatic nitrogens is 2. The Balaban J connectivity index is 0.000000138. The average molecular weight is 701 g/mol. The molecular weight excluding hydrogens is 649 g/mol. The molecule has 10 rings (SSSR count). The molecule has 6 aliphatic rings. The minimum absolute atomic E-state index is 0.0327. The van der Waals surface area contributed by atoms with Crippen LogP contribution in [0.5, 0.6) is 0 Å². The van der Waals surface area contributed by atoms with Crippen LogP contribution in [0.15, 0.2) is 48.5 Å². The third kappa shape index (κ3) is 4.98. The van der Waals surface area contributed by atoms with Gasteiger partial charge in [-0.25, -0.2) is 0 Å². The molecule has 4 amide bonds. The molecule has 4 heterocycles. The number of rotatable bonds is 6. The highest BCUT2D eigenvalue weighted by atomic mass is 16.2. The summed E-state index contributed by atoms with van der Waals surface area (Å²) in [6.45, 7) is 5.36. The van der Waals surface area contributed by atoms with Crippen LogP contribution in [-0.4, -0.2) is 56.5 Å². The first-order valence-electron chi connectivity index (χ1n) is 20.4. The molecule has 0 spiro atoms. The Morgan fingerprint density at radius 1 is 0.558 bits per heavy atom. The Morgan fingerprint density at radius 2 is 0.962 bits per heavy atom. The molecule has 8 nitrogen and oxygen atoms in total. The summed E-state index contributed by atoms with van der Waals surface area (Å²) in [5.74, 6) is 0.850. The molecule has 8 heteroatoms. The van der Waals surface area contributed by atoms with E-state index in [1.165, 1.54) is 47.6 Å². The lowest BCUT2D eigenvalue weighted by molar-refractivity contribution is -0.141. The molecule has 4 aromatic rings. The van der Waals surface area contributed by atoms with Crippen LogP contribution in [-0.2, 0) is 19.2 Å². The molecule has 2 aromatic carbocycles. The largest absolute Gasteiger partial charge is 0.357 e. The predicted molar refractivity (Wildman–Crippen MR) is 202 cm³/mol. The molecular formula is C44H52N4O4. The Labute approximate surface area is 306 Å². The lowest BCUT2D eigenvalue weighted by Gasteiger charge is -2.41. The number of fused-ring (bicyclic) bond motifs is 16. The van der Waals surface area contributed by atoms with Crippen LogP contribution in [0.25, 0.3) is 21.8 Å². The topological polar surface area (TPSA) is 106 Å². The Morgan fingerprint density at radius 3 is 1.38 bits per heavy atom. The summed E-state index contributed by atoms with van der Waals surface area (Å²) < 4.78 is 0. The first kappa shape index (κ1) is 33.6. The minimum atomic E-state index is -0.291. The highest BCUT2D eigenvalue weighted by Gasteiger charge is 2.59. The van der Waals surface area contributed by atoms with E-state index >= 15 is 0 Å². The van der Waals surface area contributed by atoms with Crippen molar-refractivity contribution in [3.63, 3.8) is 0 Å². The third-order valence-electron chi connectivity index (χ3n) is 13.8. The number of hydrogen-bond acceptors (Lipinski definition) is 4. The van der Waals surface area contributed by atoms with Crippen molar-refractivity contribution in [3.8, 4) is 0 Å². The molecule has 8 atom stereocenters.